The fourth-order valence-electron chi connectivity index (χ4n) is 1.80. The lowest BCUT2D eigenvalue weighted by Gasteiger charge is -2.03. The number of nitrogens with zero attached hydrogens (tertiary/aromatic N) is 3. The van der Waals surface area contributed by atoms with Gasteiger partial charge in [-0.15, -0.1) is 10.2 Å². The summed E-state index contributed by atoms with van der Waals surface area (Å²) in [5.41, 5.74) is 0.590. The predicted molar refractivity (Wildman–Crippen MR) is 75.4 cm³/mol. The number of nitro groups is 1. The second-order valence-electron chi connectivity index (χ2n) is 4.40. The number of carbonyl (C=O) groups excluding carboxylic acids is 1. The number of nitro benzene ring substituents is 1. The van der Waals surface area contributed by atoms with Crippen molar-refractivity contribution in [1.29, 1.82) is 0 Å². The molecule has 1 aromatic heterocycles. The molecule has 9 nitrogen and oxygen atoms in total. The average molecular weight is 322 g/mol. The Labute approximate surface area is 128 Å². The minimum atomic E-state index is -0.476. The van der Waals surface area contributed by atoms with Crippen LogP contribution in [0.3, 0.4) is 0 Å². The number of carbonyl (C=O) groups is 1. The van der Waals surface area contributed by atoms with E-state index in [2.05, 4.69) is 15.5 Å². The first-order chi connectivity index (χ1) is 10.6. The normalized spacial score (nSPS) is 17.1. The minimum Gasteiger partial charge on any atom is -0.443 e. The molecular formula is C12H10N4O5S. The van der Waals surface area contributed by atoms with E-state index in [1.807, 2.05) is 0 Å². The molecule has 1 fully saturated rings. The van der Waals surface area contributed by atoms with Gasteiger partial charge in [0.25, 0.3) is 10.9 Å². The maximum Gasteiger partial charge on any atom is 0.407 e. The molecule has 2 heterocycles. The third kappa shape index (κ3) is 3.17. The number of non-ortho nitro benzene ring substituents is 1. The molecule has 1 saturated heterocycles. The molecule has 22 heavy (non-hydrogen) atoms. The van der Waals surface area contributed by atoms with E-state index in [-0.39, 0.29) is 17.7 Å². The van der Waals surface area contributed by atoms with Crippen LogP contribution in [0.4, 0.5) is 10.5 Å². The summed E-state index contributed by atoms with van der Waals surface area (Å²) >= 11 is 1.28. The summed E-state index contributed by atoms with van der Waals surface area (Å²) in [7, 11) is 0. The van der Waals surface area contributed by atoms with Gasteiger partial charge in [0, 0.05) is 23.4 Å². The van der Waals surface area contributed by atoms with Gasteiger partial charge in [0.05, 0.1) is 11.5 Å². The van der Waals surface area contributed by atoms with Gasteiger partial charge in [-0.1, -0.05) is 11.8 Å². The fourth-order valence-corrected chi connectivity index (χ4v) is 2.55. The first-order valence-corrected chi connectivity index (χ1v) is 7.26. The summed E-state index contributed by atoms with van der Waals surface area (Å²) < 4.78 is 10.5. The van der Waals surface area contributed by atoms with Gasteiger partial charge in [-0.05, 0) is 12.1 Å². The summed E-state index contributed by atoms with van der Waals surface area (Å²) in [6.07, 6.45) is -0.657. The quantitative estimate of drug-likeness (QED) is 0.503. The monoisotopic (exact) mass is 322 g/mol. The van der Waals surface area contributed by atoms with Crippen LogP contribution in [0, 0.1) is 10.1 Å². The highest BCUT2D eigenvalue weighted by molar-refractivity contribution is 7.99. The van der Waals surface area contributed by atoms with Crippen LogP contribution in [0.5, 0.6) is 0 Å². The van der Waals surface area contributed by atoms with Gasteiger partial charge in [-0.2, -0.15) is 0 Å². The maximum absolute atomic E-state index is 10.9. The van der Waals surface area contributed by atoms with Crippen molar-refractivity contribution < 1.29 is 18.9 Å². The zero-order valence-corrected chi connectivity index (χ0v) is 11.9. The lowest BCUT2D eigenvalue weighted by molar-refractivity contribution is -0.384. The molecule has 1 amide bonds. The van der Waals surface area contributed by atoms with Gasteiger partial charge >= 0.3 is 6.09 Å². The van der Waals surface area contributed by atoms with Crippen molar-refractivity contribution in [3.05, 3.63) is 34.4 Å². The number of hydrogen-bond donors (Lipinski definition) is 1. The second-order valence-corrected chi connectivity index (χ2v) is 5.37. The Morgan fingerprint density at radius 2 is 2.14 bits per heavy atom. The van der Waals surface area contributed by atoms with E-state index in [9.17, 15) is 14.9 Å². The molecule has 1 aliphatic heterocycles. The van der Waals surface area contributed by atoms with Crippen LogP contribution >= 0.6 is 11.8 Å². The Bertz CT molecular complexity index is 702. The summed E-state index contributed by atoms with van der Waals surface area (Å²) in [5, 5.41) is 21.3. The zero-order chi connectivity index (χ0) is 15.5. The Kier molecular flexibility index (Phi) is 3.92. The van der Waals surface area contributed by atoms with E-state index in [1.165, 1.54) is 23.9 Å². The Morgan fingerprint density at radius 3 is 2.77 bits per heavy atom. The standard InChI is InChI=1S/C12H10N4O5S/c17-11-13-5-9(20-11)6-22-12-15-14-10(21-12)7-1-3-8(4-2-7)16(18)19/h1-4,9H,5-6H2,(H,13,17). The molecule has 10 heteroatoms. The van der Waals surface area contributed by atoms with Gasteiger partial charge in [-0.25, -0.2) is 4.79 Å². The van der Waals surface area contributed by atoms with E-state index in [1.54, 1.807) is 12.1 Å². The van der Waals surface area contributed by atoms with Gasteiger partial charge in [0.1, 0.15) is 6.10 Å². The number of amides is 1. The van der Waals surface area contributed by atoms with Crippen molar-refractivity contribution in [3.8, 4) is 11.5 Å². The van der Waals surface area contributed by atoms with Crippen molar-refractivity contribution in [2.45, 2.75) is 11.3 Å². The highest BCUT2D eigenvalue weighted by atomic mass is 32.2. The summed E-state index contributed by atoms with van der Waals surface area (Å²) in [6, 6.07) is 5.83. The van der Waals surface area contributed by atoms with Gasteiger partial charge in [0.15, 0.2) is 0 Å². The van der Waals surface area contributed by atoms with E-state index in [0.29, 0.717) is 23.1 Å². The van der Waals surface area contributed by atoms with Crippen LogP contribution < -0.4 is 5.32 Å². The SMILES string of the molecule is O=C1NCC(CSc2nnc(-c3ccc([N+](=O)[O-])cc3)o2)O1. The fraction of sp³-hybridized carbons (Fsp3) is 0.250. The number of cyclic esters (lactones) is 1. The molecule has 0 bridgehead atoms. The molecule has 2 aromatic rings. The molecular weight excluding hydrogens is 312 g/mol. The van der Waals surface area contributed by atoms with E-state index < -0.39 is 11.0 Å². The van der Waals surface area contributed by atoms with Crippen molar-refractivity contribution in [2.24, 2.45) is 0 Å². The molecule has 114 valence electrons. The van der Waals surface area contributed by atoms with Crippen LogP contribution in [0.15, 0.2) is 33.9 Å². The predicted octanol–water partition coefficient (Wildman–Crippen LogP) is 1.85. The number of benzene rings is 1. The topological polar surface area (TPSA) is 120 Å². The number of rotatable bonds is 5. The molecule has 1 aliphatic rings. The van der Waals surface area contributed by atoms with Crippen molar-refractivity contribution in [2.75, 3.05) is 12.3 Å². The molecule has 0 spiro atoms. The molecule has 1 N–H and O–H groups in total. The molecule has 3 rings (SSSR count). The first kappa shape index (κ1) is 14.3. The van der Waals surface area contributed by atoms with Gasteiger partial charge in [0.2, 0.25) is 5.89 Å². The Hall–Kier alpha value is -2.62. The highest BCUT2D eigenvalue weighted by Gasteiger charge is 2.23. The van der Waals surface area contributed by atoms with E-state index in [0.717, 1.165) is 0 Å². The molecule has 0 radical (unpaired) electrons. The molecule has 1 unspecified atom stereocenters. The largest absolute Gasteiger partial charge is 0.443 e. The van der Waals surface area contributed by atoms with Crippen LogP contribution in [0.1, 0.15) is 0 Å². The Balaban J connectivity index is 1.63. The summed E-state index contributed by atoms with van der Waals surface area (Å²) in [4.78, 5) is 21.0. The number of ether oxygens (including phenoxy) is 1. The molecule has 0 aliphatic carbocycles. The first-order valence-electron chi connectivity index (χ1n) is 6.27. The molecule has 1 atom stereocenters. The van der Waals surface area contributed by atoms with Crippen molar-refractivity contribution in [1.82, 2.24) is 15.5 Å². The maximum atomic E-state index is 10.9. The second kappa shape index (κ2) is 6.02. The third-order valence-electron chi connectivity index (χ3n) is 2.87. The molecule has 1 aromatic carbocycles. The van der Waals surface area contributed by atoms with Crippen molar-refractivity contribution in [3.63, 3.8) is 0 Å². The minimum absolute atomic E-state index is 0.00610. The van der Waals surface area contributed by atoms with E-state index in [4.69, 9.17) is 9.15 Å². The number of thioether (sulfide) groups is 1. The number of alkyl carbamates (subject to hydrolysis) is 1. The number of hydrogen-bond acceptors (Lipinski definition) is 8. The van der Waals surface area contributed by atoms with Crippen LogP contribution in [-0.4, -0.2) is 39.6 Å². The van der Waals surface area contributed by atoms with Gasteiger partial charge < -0.3 is 14.5 Å². The zero-order valence-electron chi connectivity index (χ0n) is 11.1. The van der Waals surface area contributed by atoms with Crippen LogP contribution in [-0.2, 0) is 4.74 Å². The average Bonchev–Trinajstić information content (AvgIpc) is 3.14. The van der Waals surface area contributed by atoms with Crippen LogP contribution in [0.25, 0.3) is 11.5 Å². The molecule has 0 saturated carbocycles. The van der Waals surface area contributed by atoms with Crippen LogP contribution in [0.2, 0.25) is 0 Å². The van der Waals surface area contributed by atoms with Gasteiger partial charge in [-0.3, -0.25) is 10.1 Å². The lowest BCUT2D eigenvalue weighted by Crippen LogP contribution is -2.16. The summed E-state index contributed by atoms with van der Waals surface area (Å²) in [6.45, 7) is 0.454. The summed E-state index contributed by atoms with van der Waals surface area (Å²) in [5.74, 6) is 0.777. The number of aromatic nitrogens is 2. The van der Waals surface area contributed by atoms with E-state index >= 15 is 0 Å². The highest BCUT2D eigenvalue weighted by Crippen LogP contribution is 2.25. The Morgan fingerprint density at radius 1 is 1.36 bits per heavy atom. The lowest BCUT2D eigenvalue weighted by atomic mass is 10.2. The third-order valence-corrected chi connectivity index (χ3v) is 3.82. The van der Waals surface area contributed by atoms with Crippen molar-refractivity contribution >= 4 is 23.5 Å². The smallest absolute Gasteiger partial charge is 0.407 e. The number of nitrogens with one attached hydrogen (secondary N) is 1.